The summed E-state index contributed by atoms with van der Waals surface area (Å²) in [7, 11) is 0. The van der Waals surface area contributed by atoms with Crippen molar-refractivity contribution in [2.45, 2.75) is 44.2 Å². The summed E-state index contributed by atoms with van der Waals surface area (Å²) in [6, 6.07) is 9.59. The van der Waals surface area contributed by atoms with E-state index in [4.69, 9.17) is 5.73 Å². The number of aromatic amines is 1. The molecule has 2 aliphatic carbocycles. The molecule has 5 heteroatoms. The minimum atomic E-state index is -0.330. The summed E-state index contributed by atoms with van der Waals surface area (Å²) in [5.74, 6) is 0.617. The quantitative estimate of drug-likeness (QED) is 0.790. The Bertz CT molecular complexity index is 815. The Kier molecular flexibility index (Phi) is 3.88. The Hall–Kier alpha value is -2.14. The van der Waals surface area contributed by atoms with E-state index in [1.807, 2.05) is 24.3 Å². The number of amides is 1. The number of nitrogens with two attached hydrogens (primary N) is 1. The number of carbonyl (C=O) groups is 1. The summed E-state index contributed by atoms with van der Waals surface area (Å²) in [6.45, 7) is 0. The van der Waals surface area contributed by atoms with E-state index in [-0.39, 0.29) is 29.1 Å². The summed E-state index contributed by atoms with van der Waals surface area (Å²) < 4.78 is 0. The molecule has 2 bridgehead atoms. The van der Waals surface area contributed by atoms with Crippen LogP contribution in [0.1, 0.15) is 42.5 Å². The van der Waals surface area contributed by atoms with Crippen molar-refractivity contribution in [3.63, 3.8) is 0 Å². The average Bonchev–Trinajstić information content (AvgIpc) is 2.55. The van der Waals surface area contributed by atoms with Crippen molar-refractivity contribution in [1.29, 1.82) is 0 Å². The monoisotopic (exact) mass is 325 g/mol. The van der Waals surface area contributed by atoms with Gasteiger partial charge in [0.15, 0.2) is 0 Å². The van der Waals surface area contributed by atoms with Crippen molar-refractivity contribution < 1.29 is 4.79 Å². The molecule has 0 saturated heterocycles. The van der Waals surface area contributed by atoms with Gasteiger partial charge in [-0.05, 0) is 55.0 Å². The third kappa shape index (κ3) is 2.73. The van der Waals surface area contributed by atoms with Gasteiger partial charge in [0, 0.05) is 17.6 Å². The number of H-pyrrole nitrogens is 1. The van der Waals surface area contributed by atoms with E-state index in [2.05, 4.69) is 10.3 Å². The molecule has 2 fully saturated rings. The molecule has 24 heavy (non-hydrogen) atoms. The molecule has 4 N–H and O–H groups in total. The highest BCUT2D eigenvalue weighted by atomic mass is 16.2. The van der Waals surface area contributed by atoms with E-state index in [1.165, 1.54) is 6.42 Å². The summed E-state index contributed by atoms with van der Waals surface area (Å²) >= 11 is 0. The molecule has 1 aromatic heterocycles. The molecule has 1 heterocycles. The Morgan fingerprint density at radius 2 is 1.88 bits per heavy atom. The predicted octanol–water partition coefficient (Wildman–Crippen LogP) is 2.16. The number of hydrogen-bond donors (Lipinski definition) is 3. The maximum atomic E-state index is 12.7. The van der Waals surface area contributed by atoms with Crippen LogP contribution in [0.15, 0.2) is 35.1 Å². The SMILES string of the molecule is NC1CC2CCCC(C1)C2NC(=O)c1cc2ccccc2[nH]c1=O. The first-order valence-electron chi connectivity index (χ1n) is 8.80. The lowest BCUT2D eigenvalue weighted by molar-refractivity contribution is 0.0755. The summed E-state index contributed by atoms with van der Waals surface area (Å²) in [5, 5.41) is 4.02. The predicted molar refractivity (Wildman–Crippen MR) is 93.9 cm³/mol. The second kappa shape index (κ2) is 6.06. The molecule has 0 aliphatic heterocycles. The number of hydrogen-bond acceptors (Lipinski definition) is 3. The number of fused-ring (bicyclic) bond motifs is 3. The fourth-order valence-corrected chi connectivity index (χ4v) is 4.57. The maximum Gasteiger partial charge on any atom is 0.261 e. The summed E-state index contributed by atoms with van der Waals surface area (Å²) in [6.07, 6.45) is 5.38. The highest BCUT2D eigenvalue weighted by Crippen LogP contribution is 2.39. The smallest absolute Gasteiger partial charge is 0.261 e. The van der Waals surface area contributed by atoms with Gasteiger partial charge in [0.25, 0.3) is 11.5 Å². The lowest BCUT2D eigenvalue weighted by atomic mass is 9.67. The molecule has 2 unspecified atom stereocenters. The topological polar surface area (TPSA) is 88.0 Å². The fraction of sp³-hybridized carbons (Fsp3) is 0.474. The molecule has 2 aromatic rings. The van der Waals surface area contributed by atoms with Gasteiger partial charge in [-0.25, -0.2) is 0 Å². The minimum Gasteiger partial charge on any atom is -0.349 e. The van der Waals surface area contributed by atoms with Crippen molar-refractivity contribution in [1.82, 2.24) is 10.3 Å². The minimum absolute atomic E-state index is 0.150. The first kappa shape index (κ1) is 15.4. The standard InChI is InChI=1S/C19H23N3O2/c20-14-8-12-5-3-6-13(9-14)17(12)22-19(24)15-10-11-4-1-2-7-16(11)21-18(15)23/h1-2,4,7,10,12-14,17H,3,5-6,8-9,20H2,(H,21,23)(H,22,24). The zero-order valence-electron chi connectivity index (χ0n) is 13.6. The third-order valence-electron chi connectivity index (χ3n) is 5.67. The Balaban J connectivity index is 1.60. The summed E-state index contributed by atoms with van der Waals surface area (Å²) in [4.78, 5) is 27.8. The number of aromatic nitrogens is 1. The van der Waals surface area contributed by atoms with Gasteiger partial charge in [-0.15, -0.1) is 0 Å². The largest absolute Gasteiger partial charge is 0.349 e. The van der Waals surface area contributed by atoms with Crippen molar-refractivity contribution in [3.8, 4) is 0 Å². The highest BCUT2D eigenvalue weighted by Gasteiger charge is 2.40. The molecule has 2 aliphatic rings. The second-order valence-corrected chi connectivity index (χ2v) is 7.28. The first-order valence-corrected chi connectivity index (χ1v) is 8.80. The highest BCUT2D eigenvalue weighted by molar-refractivity contribution is 5.97. The zero-order chi connectivity index (χ0) is 16.7. The van der Waals surface area contributed by atoms with Gasteiger partial charge in [-0.1, -0.05) is 24.6 Å². The molecular formula is C19H23N3O2. The lowest BCUT2D eigenvalue weighted by Crippen LogP contribution is -2.54. The van der Waals surface area contributed by atoms with Gasteiger partial charge in [0.1, 0.15) is 5.56 Å². The van der Waals surface area contributed by atoms with Gasteiger partial charge in [-0.2, -0.15) is 0 Å². The Morgan fingerprint density at radius 1 is 1.17 bits per heavy atom. The Morgan fingerprint density at radius 3 is 2.62 bits per heavy atom. The number of nitrogens with one attached hydrogen (secondary N) is 2. The van der Waals surface area contributed by atoms with Crippen molar-refractivity contribution in [3.05, 3.63) is 46.2 Å². The fourth-order valence-electron chi connectivity index (χ4n) is 4.57. The zero-order valence-corrected chi connectivity index (χ0v) is 13.6. The third-order valence-corrected chi connectivity index (χ3v) is 5.67. The van der Waals surface area contributed by atoms with Crippen LogP contribution in [-0.2, 0) is 0 Å². The van der Waals surface area contributed by atoms with Gasteiger partial charge in [0.05, 0.1) is 0 Å². The van der Waals surface area contributed by atoms with E-state index in [0.717, 1.165) is 36.6 Å². The lowest BCUT2D eigenvalue weighted by Gasteiger charge is -2.45. The van der Waals surface area contributed by atoms with Gasteiger partial charge in [-0.3, -0.25) is 9.59 Å². The van der Waals surface area contributed by atoms with E-state index in [1.54, 1.807) is 6.07 Å². The maximum absolute atomic E-state index is 12.7. The van der Waals surface area contributed by atoms with E-state index < -0.39 is 0 Å². The molecule has 0 radical (unpaired) electrons. The van der Waals surface area contributed by atoms with E-state index in [9.17, 15) is 9.59 Å². The van der Waals surface area contributed by atoms with Crippen molar-refractivity contribution in [2.24, 2.45) is 17.6 Å². The van der Waals surface area contributed by atoms with Crippen molar-refractivity contribution in [2.75, 3.05) is 0 Å². The van der Waals surface area contributed by atoms with Crippen molar-refractivity contribution >= 4 is 16.8 Å². The van der Waals surface area contributed by atoms with Gasteiger partial charge in [0.2, 0.25) is 0 Å². The van der Waals surface area contributed by atoms with Crippen LogP contribution in [0.2, 0.25) is 0 Å². The summed E-state index contributed by atoms with van der Waals surface area (Å²) in [5.41, 5.74) is 6.76. The molecule has 0 spiro atoms. The van der Waals surface area contributed by atoms with Gasteiger partial charge >= 0.3 is 0 Å². The molecule has 126 valence electrons. The van der Waals surface area contributed by atoms with Crippen LogP contribution >= 0.6 is 0 Å². The van der Waals surface area contributed by atoms with Crippen LogP contribution in [0.25, 0.3) is 10.9 Å². The van der Waals surface area contributed by atoms with E-state index >= 15 is 0 Å². The van der Waals surface area contributed by atoms with E-state index in [0.29, 0.717) is 11.8 Å². The molecule has 2 saturated carbocycles. The van der Waals surface area contributed by atoms with Gasteiger partial charge < -0.3 is 16.0 Å². The number of carbonyl (C=O) groups excluding carboxylic acids is 1. The molecule has 4 rings (SSSR count). The number of para-hydroxylation sites is 1. The normalized spacial score (nSPS) is 29.4. The van der Waals surface area contributed by atoms with Crippen LogP contribution in [0.5, 0.6) is 0 Å². The van der Waals surface area contributed by atoms with Crippen LogP contribution in [0, 0.1) is 11.8 Å². The molecule has 2 atom stereocenters. The van der Waals surface area contributed by atoms with Crippen LogP contribution < -0.4 is 16.6 Å². The molecule has 5 nitrogen and oxygen atoms in total. The van der Waals surface area contributed by atoms with Crippen LogP contribution in [-0.4, -0.2) is 23.0 Å². The molecule has 1 aromatic carbocycles. The number of benzene rings is 1. The molecular weight excluding hydrogens is 302 g/mol. The first-order chi connectivity index (χ1) is 11.6. The number of rotatable bonds is 2. The molecule has 1 amide bonds. The van der Waals surface area contributed by atoms with Crippen LogP contribution in [0.3, 0.4) is 0 Å². The second-order valence-electron chi connectivity index (χ2n) is 7.28. The Labute approximate surface area is 140 Å². The van der Waals surface area contributed by atoms with Crippen LogP contribution in [0.4, 0.5) is 0 Å². The number of pyridine rings is 1. The average molecular weight is 325 g/mol.